The quantitative estimate of drug-likeness (QED) is 0.165. The topological polar surface area (TPSA) is 64.7 Å². The van der Waals surface area contributed by atoms with Crippen molar-refractivity contribution in [3.63, 3.8) is 0 Å². The zero-order chi connectivity index (χ0) is 35.8. The molecular formula is C47H36IrN4O-2. The average Bonchev–Trinajstić information content (AvgIpc) is 3.53. The number of hydrogen-bond acceptors (Lipinski definition) is 5. The fourth-order valence-electron chi connectivity index (χ4n) is 6.60. The second-order valence-corrected chi connectivity index (χ2v) is 13.3. The predicted octanol–water partition coefficient (Wildman–Crippen LogP) is 11.8. The first-order valence-electron chi connectivity index (χ1n) is 17.4. The third-order valence-electron chi connectivity index (χ3n) is 9.37. The second kappa shape index (κ2) is 15.0. The van der Waals surface area contributed by atoms with Gasteiger partial charge in [-0.15, -0.1) is 47.5 Å². The molecule has 0 saturated heterocycles. The van der Waals surface area contributed by atoms with Crippen molar-refractivity contribution in [1.29, 1.82) is 0 Å². The molecule has 1 radical (unpaired) electrons. The number of aromatic nitrogens is 4. The Kier molecular flexibility index (Phi) is 10.1. The standard InChI is InChI=1S/C28H20N3O.C19H16N.Ir/c1-16-13-25-20(9-7-17(2)30-25)14-24(16)19-11-12-29-26(15-19)23-6-4-5-21-22-10-8-18(3)31-28(22)32-27(21)23;1-14-8-11-19(20-13-14)17-10-9-15(2)18(12-17)16-6-4-3-5-7-16;/h4-5,7-15H,1-3H3;3-9,11-13H,1-2H3;/q2*-1;. The Morgan fingerprint density at radius 3 is 2.21 bits per heavy atom. The van der Waals surface area contributed by atoms with Crippen LogP contribution in [0.1, 0.15) is 28.1 Å². The molecule has 0 bridgehead atoms. The van der Waals surface area contributed by atoms with Gasteiger partial charge in [0.05, 0.1) is 11.1 Å². The molecule has 5 heterocycles. The average molecular weight is 865 g/mol. The van der Waals surface area contributed by atoms with Crippen LogP contribution in [0.5, 0.6) is 0 Å². The Hall–Kier alpha value is -5.81. The van der Waals surface area contributed by atoms with E-state index >= 15 is 0 Å². The Balaban J connectivity index is 0.000000179. The molecule has 0 fully saturated rings. The first-order valence-corrected chi connectivity index (χ1v) is 17.4. The summed E-state index contributed by atoms with van der Waals surface area (Å²) in [6.45, 7) is 10.3. The van der Waals surface area contributed by atoms with Crippen molar-refractivity contribution >= 4 is 33.0 Å². The second-order valence-electron chi connectivity index (χ2n) is 13.3. The van der Waals surface area contributed by atoms with Gasteiger partial charge in [-0.3, -0.25) is 4.98 Å². The molecule has 0 saturated carbocycles. The van der Waals surface area contributed by atoms with Gasteiger partial charge in [-0.05, 0) is 103 Å². The van der Waals surface area contributed by atoms with Gasteiger partial charge in [0.25, 0.3) is 0 Å². The Bertz CT molecular complexity index is 2740. The molecule has 0 aliphatic heterocycles. The van der Waals surface area contributed by atoms with Crippen molar-refractivity contribution in [2.75, 3.05) is 0 Å². The van der Waals surface area contributed by atoms with Crippen LogP contribution in [0.2, 0.25) is 0 Å². The Labute approximate surface area is 323 Å². The number of rotatable bonds is 4. The minimum absolute atomic E-state index is 0. The summed E-state index contributed by atoms with van der Waals surface area (Å²) in [6.07, 6.45) is 3.74. The van der Waals surface area contributed by atoms with E-state index in [0.29, 0.717) is 5.71 Å². The minimum atomic E-state index is 0. The smallest absolute Gasteiger partial charge is 0.216 e. The van der Waals surface area contributed by atoms with Crippen LogP contribution in [0.15, 0.2) is 132 Å². The van der Waals surface area contributed by atoms with E-state index in [1.807, 2.05) is 81.7 Å². The van der Waals surface area contributed by atoms with Crippen molar-refractivity contribution in [3.05, 3.63) is 168 Å². The number of benzene rings is 4. The maximum Gasteiger partial charge on any atom is 0.216 e. The molecule has 9 rings (SSSR count). The summed E-state index contributed by atoms with van der Waals surface area (Å²) in [6, 6.07) is 46.1. The van der Waals surface area contributed by atoms with Gasteiger partial charge in [-0.2, -0.15) is 0 Å². The third-order valence-corrected chi connectivity index (χ3v) is 9.37. The maximum absolute atomic E-state index is 6.17. The Morgan fingerprint density at radius 1 is 0.604 bits per heavy atom. The first-order chi connectivity index (χ1) is 25.3. The van der Waals surface area contributed by atoms with Gasteiger partial charge in [-0.25, -0.2) is 4.98 Å². The van der Waals surface area contributed by atoms with Gasteiger partial charge in [0.1, 0.15) is 0 Å². The van der Waals surface area contributed by atoms with Gasteiger partial charge < -0.3 is 14.4 Å². The molecule has 6 heteroatoms. The molecule has 4 aromatic carbocycles. The van der Waals surface area contributed by atoms with Gasteiger partial charge in [-0.1, -0.05) is 78.0 Å². The summed E-state index contributed by atoms with van der Waals surface area (Å²) >= 11 is 0. The van der Waals surface area contributed by atoms with Gasteiger partial charge >= 0.3 is 0 Å². The molecule has 0 spiro atoms. The normalized spacial score (nSPS) is 11.0. The van der Waals surface area contributed by atoms with Crippen LogP contribution in [-0.4, -0.2) is 19.9 Å². The van der Waals surface area contributed by atoms with Crippen LogP contribution in [0.25, 0.3) is 77.7 Å². The molecule has 261 valence electrons. The molecular weight excluding hydrogens is 829 g/mol. The molecule has 0 atom stereocenters. The monoisotopic (exact) mass is 865 g/mol. The third kappa shape index (κ3) is 7.30. The summed E-state index contributed by atoms with van der Waals surface area (Å²) in [5, 5.41) is 3.16. The van der Waals surface area contributed by atoms with Crippen LogP contribution in [0.4, 0.5) is 0 Å². The van der Waals surface area contributed by atoms with E-state index in [4.69, 9.17) is 4.42 Å². The summed E-state index contributed by atoms with van der Waals surface area (Å²) in [5.41, 5.74) is 16.4. The van der Waals surface area contributed by atoms with E-state index in [2.05, 4.69) is 113 Å². The van der Waals surface area contributed by atoms with Crippen LogP contribution in [-0.2, 0) is 20.1 Å². The SMILES string of the molecule is Cc1ccc(-c2[c-]cc(C)c(-c3ccccc3)c2)nc1.Cc1ccc2cc(-c3ccnc(-c4[c-]ccc5c4oc4nc(C)ccc45)c3)c(C)cc2n1.[Ir]. The molecule has 0 amide bonds. The van der Waals surface area contributed by atoms with Crippen LogP contribution < -0.4 is 0 Å². The molecule has 0 unspecified atom stereocenters. The molecule has 9 aromatic rings. The molecule has 53 heavy (non-hydrogen) atoms. The molecule has 0 N–H and O–H groups in total. The minimum Gasteiger partial charge on any atom is -0.486 e. The van der Waals surface area contributed by atoms with Gasteiger partial charge in [0.2, 0.25) is 5.71 Å². The summed E-state index contributed by atoms with van der Waals surface area (Å²) < 4.78 is 6.17. The number of furan rings is 1. The number of nitrogens with zero attached hydrogens (tertiary/aromatic N) is 4. The zero-order valence-corrected chi connectivity index (χ0v) is 32.5. The number of fused-ring (bicyclic) bond motifs is 4. The van der Waals surface area contributed by atoms with E-state index in [1.54, 1.807) is 0 Å². The van der Waals surface area contributed by atoms with E-state index in [9.17, 15) is 0 Å². The molecule has 5 aromatic heterocycles. The molecule has 0 aliphatic rings. The van der Waals surface area contributed by atoms with Crippen molar-refractivity contribution in [2.24, 2.45) is 0 Å². The van der Waals surface area contributed by atoms with Crippen molar-refractivity contribution in [3.8, 4) is 44.8 Å². The summed E-state index contributed by atoms with van der Waals surface area (Å²) in [7, 11) is 0. The zero-order valence-electron chi connectivity index (χ0n) is 30.2. The number of hydrogen-bond donors (Lipinski definition) is 0. The van der Waals surface area contributed by atoms with Crippen molar-refractivity contribution in [1.82, 2.24) is 19.9 Å². The van der Waals surface area contributed by atoms with Crippen molar-refractivity contribution < 1.29 is 24.5 Å². The van der Waals surface area contributed by atoms with Crippen LogP contribution in [0.3, 0.4) is 0 Å². The largest absolute Gasteiger partial charge is 0.486 e. The molecule has 0 aliphatic carbocycles. The van der Waals surface area contributed by atoms with E-state index in [1.165, 1.54) is 33.4 Å². The summed E-state index contributed by atoms with van der Waals surface area (Å²) in [5.74, 6) is 0. The van der Waals surface area contributed by atoms with Gasteiger partial charge in [0, 0.05) is 54.7 Å². The van der Waals surface area contributed by atoms with Crippen molar-refractivity contribution in [2.45, 2.75) is 34.6 Å². The van der Waals surface area contributed by atoms with E-state index < -0.39 is 0 Å². The maximum atomic E-state index is 6.17. The van der Waals surface area contributed by atoms with Crippen LogP contribution in [0, 0.1) is 46.8 Å². The predicted molar refractivity (Wildman–Crippen MR) is 212 cm³/mol. The van der Waals surface area contributed by atoms with E-state index in [0.717, 1.165) is 66.7 Å². The fourth-order valence-corrected chi connectivity index (χ4v) is 6.60. The van der Waals surface area contributed by atoms with Crippen LogP contribution >= 0.6 is 0 Å². The first kappa shape index (κ1) is 35.6. The molecule has 5 nitrogen and oxygen atoms in total. The van der Waals surface area contributed by atoms with Gasteiger partial charge in [0.15, 0.2) is 0 Å². The number of aryl methyl sites for hydroxylation is 5. The summed E-state index contributed by atoms with van der Waals surface area (Å²) in [4.78, 5) is 18.3. The van der Waals surface area contributed by atoms with E-state index in [-0.39, 0.29) is 20.1 Å². The Morgan fingerprint density at radius 2 is 1.40 bits per heavy atom. The number of pyridine rings is 4. The fraction of sp³-hybridized carbons (Fsp3) is 0.106.